The molecular formula is C30H37N5O13. The first kappa shape index (κ1) is 38.4. The van der Waals surface area contributed by atoms with Crippen molar-refractivity contribution in [3.05, 3.63) is 40.2 Å². The molecule has 260 valence electrons. The monoisotopic (exact) mass is 675 g/mol. The van der Waals surface area contributed by atoms with E-state index >= 15 is 0 Å². The lowest BCUT2D eigenvalue weighted by Crippen LogP contribution is -2.59. The number of rotatable bonds is 17. The van der Waals surface area contributed by atoms with Crippen molar-refractivity contribution in [1.82, 2.24) is 21.3 Å². The fourth-order valence-corrected chi connectivity index (χ4v) is 4.50. The average Bonchev–Trinajstić information content (AvgIpc) is 2.95. The van der Waals surface area contributed by atoms with Crippen LogP contribution < -0.4 is 32.2 Å². The van der Waals surface area contributed by atoms with Crippen LogP contribution in [0, 0.1) is 12.8 Å². The van der Waals surface area contributed by atoms with Gasteiger partial charge in [0.15, 0.2) is 0 Å². The largest absolute Gasteiger partial charge is 0.481 e. The van der Waals surface area contributed by atoms with E-state index in [0.29, 0.717) is 10.9 Å². The molecule has 0 radical (unpaired) electrons. The smallest absolute Gasteiger partial charge is 0.336 e. The maximum atomic E-state index is 13.3. The van der Waals surface area contributed by atoms with Crippen molar-refractivity contribution in [2.75, 3.05) is 5.32 Å². The zero-order chi connectivity index (χ0) is 36.3. The highest BCUT2D eigenvalue weighted by molar-refractivity contribution is 6.01. The van der Waals surface area contributed by atoms with Crippen LogP contribution in [0.25, 0.3) is 11.0 Å². The molecule has 0 spiro atoms. The van der Waals surface area contributed by atoms with Gasteiger partial charge in [0.25, 0.3) is 0 Å². The molecule has 0 aliphatic rings. The van der Waals surface area contributed by atoms with Gasteiger partial charge in [0.2, 0.25) is 29.5 Å². The number of carboxylic acid groups (broad SMARTS) is 3. The van der Waals surface area contributed by atoms with Crippen LogP contribution in [-0.2, 0) is 38.4 Å². The number of aliphatic carboxylic acids is 3. The van der Waals surface area contributed by atoms with Gasteiger partial charge in [-0.15, -0.1) is 0 Å². The van der Waals surface area contributed by atoms with Gasteiger partial charge in [0.1, 0.15) is 29.8 Å². The zero-order valence-electron chi connectivity index (χ0n) is 26.4. The normalized spacial score (nSPS) is 13.4. The fraction of sp³-hybridized carbons (Fsp3) is 0.433. The van der Waals surface area contributed by atoms with Crippen LogP contribution in [0.3, 0.4) is 0 Å². The Morgan fingerprint density at radius 3 is 1.83 bits per heavy atom. The van der Waals surface area contributed by atoms with E-state index in [0.717, 1.165) is 6.92 Å². The topological polar surface area (TPSA) is 288 Å². The van der Waals surface area contributed by atoms with Gasteiger partial charge in [-0.2, -0.15) is 0 Å². The molecule has 5 amide bonds. The van der Waals surface area contributed by atoms with E-state index in [1.807, 2.05) is 0 Å². The van der Waals surface area contributed by atoms with E-state index in [9.17, 15) is 48.3 Å². The summed E-state index contributed by atoms with van der Waals surface area (Å²) in [4.78, 5) is 110. The van der Waals surface area contributed by atoms with Crippen molar-refractivity contribution in [1.29, 1.82) is 0 Å². The molecule has 48 heavy (non-hydrogen) atoms. The second-order valence-corrected chi connectivity index (χ2v) is 11.2. The predicted octanol–water partition coefficient (Wildman–Crippen LogP) is -0.531. The van der Waals surface area contributed by atoms with Gasteiger partial charge in [0.05, 0.1) is 12.8 Å². The molecule has 18 nitrogen and oxygen atoms in total. The minimum Gasteiger partial charge on any atom is -0.481 e. The quantitative estimate of drug-likeness (QED) is 0.0980. The fourth-order valence-electron chi connectivity index (χ4n) is 4.50. The van der Waals surface area contributed by atoms with Crippen LogP contribution in [-0.4, -0.2) is 86.9 Å². The summed E-state index contributed by atoms with van der Waals surface area (Å²) >= 11 is 0. The van der Waals surface area contributed by atoms with Gasteiger partial charge in [-0.1, -0.05) is 13.8 Å². The Morgan fingerprint density at radius 2 is 1.29 bits per heavy atom. The van der Waals surface area contributed by atoms with E-state index in [2.05, 4.69) is 26.6 Å². The van der Waals surface area contributed by atoms with E-state index in [4.69, 9.17) is 14.6 Å². The summed E-state index contributed by atoms with van der Waals surface area (Å²) in [6.07, 6.45) is -2.84. The lowest BCUT2D eigenvalue weighted by atomic mass is 10.0. The molecule has 0 aliphatic carbocycles. The third-order valence-electron chi connectivity index (χ3n) is 6.83. The zero-order valence-corrected chi connectivity index (χ0v) is 26.4. The Hall–Kier alpha value is -5.81. The van der Waals surface area contributed by atoms with E-state index in [1.165, 1.54) is 32.0 Å². The van der Waals surface area contributed by atoms with Crippen LogP contribution in [0.1, 0.15) is 52.0 Å². The molecule has 0 aliphatic heterocycles. The van der Waals surface area contributed by atoms with Crippen LogP contribution >= 0.6 is 0 Å². The molecule has 0 saturated carbocycles. The Labute approximate surface area is 272 Å². The molecule has 4 atom stereocenters. The lowest BCUT2D eigenvalue weighted by Gasteiger charge is -2.27. The Kier molecular flexibility index (Phi) is 13.8. The average molecular weight is 676 g/mol. The van der Waals surface area contributed by atoms with Gasteiger partial charge in [-0.05, 0) is 37.0 Å². The minimum atomic E-state index is -1.66. The van der Waals surface area contributed by atoms with E-state index in [1.54, 1.807) is 13.0 Å². The summed E-state index contributed by atoms with van der Waals surface area (Å²) in [7, 11) is 0. The number of carbonyl (C=O) groups excluding carboxylic acids is 5. The molecule has 1 aromatic heterocycles. The lowest BCUT2D eigenvalue weighted by molar-refractivity contribution is -0.142. The summed E-state index contributed by atoms with van der Waals surface area (Å²) in [5.74, 6) is -9.79. The molecule has 0 bridgehead atoms. The molecule has 1 heterocycles. The highest BCUT2D eigenvalue weighted by Crippen LogP contribution is 2.21. The van der Waals surface area contributed by atoms with Crippen molar-refractivity contribution >= 4 is 64.1 Å². The van der Waals surface area contributed by atoms with Crippen molar-refractivity contribution in [3.8, 4) is 0 Å². The summed E-state index contributed by atoms with van der Waals surface area (Å²) < 4.78 is 5.16. The first-order valence-electron chi connectivity index (χ1n) is 14.6. The number of hydrogen-bond acceptors (Lipinski definition) is 10. The van der Waals surface area contributed by atoms with Crippen LogP contribution in [0.2, 0.25) is 0 Å². The van der Waals surface area contributed by atoms with Gasteiger partial charge in [0, 0.05) is 36.6 Å². The number of nitrogens with one attached hydrogen (secondary N) is 5. The number of amides is 5. The van der Waals surface area contributed by atoms with Gasteiger partial charge >= 0.3 is 23.5 Å². The third kappa shape index (κ3) is 11.8. The number of anilines is 1. The summed E-state index contributed by atoms with van der Waals surface area (Å²) in [5.41, 5.74) is 0.264. The van der Waals surface area contributed by atoms with Gasteiger partial charge < -0.3 is 46.3 Å². The predicted molar refractivity (Wildman–Crippen MR) is 165 cm³/mol. The summed E-state index contributed by atoms with van der Waals surface area (Å²) in [5, 5.41) is 39.7. The standard InChI is InChI=1S/C30H37N5O13/c1-13(2)26(35-27(44)18(7-8-22(37)38)33-29(46)19(11-23(39)40)31-15(4)36)30(47)34-20(12-24(41)42)28(45)32-16-5-6-17-14(3)9-25(43)48-21(17)10-16/h5-6,9-10,13,18-20,26H,7-8,11-12H2,1-4H3,(H,31,36)(H,32,45)(H,33,46)(H,34,47)(H,35,44)(H,37,38)(H,39,40)(H,41,42)/t18-,19?,20-,26?/m0/s1. The first-order chi connectivity index (χ1) is 22.4. The molecule has 2 aromatic rings. The third-order valence-corrected chi connectivity index (χ3v) is 6.83. The van der Waals surface area contributed by atoms with E-state index in [-0.39, 0.29) is 11.3 Å². The van der Waals surface area contributed by atoms with Gasteiger partial charge in [-0.3, -0.25) is 38.4 Å². The first-order valence-corrected chi connectivity index (χ1v) is 14.6. The Bertz CT molecular complexity index is 1640. The number of hydrogen-bond donors (Lipinski definition) is 8. The molecule has 0 fully saturated rings. The Balaban J connectivity index is 2.27. The molecule has 2 rings (SSSR count). The molecule has 8 N–H and O–H groups in total. The Morgan fingerprint density at radius 1 is 0.729 bits per heavy atom. The van der Waals surface area contributed by atoms with Crippen LogP contribution in [0.15, 0.2) is 33.5 Å². The van der Waals surface area contributed by atoms with Crippen molar-refractivity contribution in [3.63, 3.8) is 0 Å². The number of benzene rings is 1. The second-order valence-electron chi connectivity index (χ2n) is 11.2. The molecule has 0 saturated heterocycles. The summed E-state index contributed by atoms with van der Waals surface area (Å²) in [6, 6.07) is -0.645. The molecule has 2 unspecified atom stereocenters. The molecular weight excluding hydrogens is 638 g/mol. The van der Waals surface area contributed by atoms with Crippen molar-refractivity contribution in [2.45, 2.75) is 77.5 Å². The number of aryl methyl sites for hydroxylation is 1. The molecule has 18 heteroatoms. The minimum absolute atomic E-state index is 0.122. The van der Waals surface area contributed by atoms with E-state index < -0.39 is 109 Å². The SMILES string of the molecule is CC(=O)NC(CC(=O)O)C(=O)N[C@@H](CCC(=O)O)C(=O)NC(C(=O)N[C@@H](CC(=O)O)C(=O)Nc1ccc2c(C)cc(=O)oc2c1)C(C)C. The number of fused-ring (bicyclic) bond motifs is 1. The maximum absolute atomic E-state index is 13.3. The van der Waals surface area contributed by atoms with Gasteiger partial charge in [-0.25, -0.2) is 4.79 Å². The summed E-state index contributed by atoms with van der Waals surface area (Å²) in [6.45, 7) is 5.73. The van der Waals surface area contributed by atoms with Crippen molar-refractivity contribution < 1.29 is 58.1 Å². The number of carboxylic acids is 3. The maximum Gasteiger partial charge on any atom is 0.336 e. The van der Waals surface area contributed by atoms with Crippen molar-refractivity contribution in [2.24, 2.45) is 5.92 Å². The highest BCUT2D eigenvalue weighted by atomic mass is 16.4. The van der Waals surface area contributed by atoms with Crippen LogP contribution in [0.5, 0.6) is 0 Å². The highest BCUT2D eigenvalue weighted by Gasteiger charge is 2.34. The second kappa shape index (κ2) is 17.2. The number of carbonyl (C=O) groups is 8. The van der Waals surface area contributed by atoms with Crippen LogP contribution in [0.4, 0.5) is 5.69 Å². The molecule has 1 aromatic carbocycles.